The molecule has 1 rings (SSSR count). The fourth-order valence-corrected chi connectivity index (χ4v) is 2.92. The third kappa shape index (κ3) is 6.77. The smallest absolute Gasteiger partial charge is 0.414 e. The number of carbonyl (C=O) groups is 1. The lowest BCUT2D eigenvalue weighted by atomic mass is 10.0. The number of amides is 1. The van der Waals surface area contributed by atoms with Crippen molar-refractivity contribution < 1.29 is 9.53 Å². The second-order valence-electron chi connectivity index (χ2n) is 6.33. The molecule has 24 heavy (non-hydrogen) atoms. The molecule has 0 aromatic heterocycles. The van der Waals surface area contributed by atoms with Crippen molar-refractivity contribution in [2.45, 2.75) is 72.3 Å². The van der Waals surface area contributed by atoms with Crippen molar-refractivity contribution in [3.8, 4) is 0 Å². The number of benzene rings is 1. The molecule has 0 aliphatic rings. The van der Waals surface area contributed by atoms with E-state index >= 15 is 0 Å². The first-order chi connectivity index (χ1) is 11.6. The molecule has 0 saturated carbocycles. The molecule has 0 heterocycles. The average Bonchev–Trinajstić information content (AvgIpc) is 2.61. The first-order valence-corrected chi connectivity index (χ1v) is 9.22. The third-order valence-corrected chi connectivity index (χ3v) is 4.29. The molecule has 0 N–H and O–H groups in total. The molecule has 0 radical (unpaired) electrons. The lowest BCUT2D eigenvalue weighted by Crippen LogP contribution is -2.30. The van der Waals surface area contributed by atoms with Crippen molar-refractivity contribution in [1.82, 2.24) is 4.90 Å². The first kappa shape index (κ1) is 20.3. The predicted molar refractivity (Wildman–Crippen MR) is 101 cm³/mol. The first-order valence-electron chi connectivity index (χ1n) is 9.22. The summed E-state index contributed by atoms with van der Waals surface area (Å²) in [6.07, 6.45) is 7.67. The molecule has 0 bridgehead atoms. The number of carbonyl (C=O) groups excluding carboxylic acids is 1. The number of hydrogen-bond donors (Lipinski definition) is 0. The summed E-state index contributed by atoms with van der Waals surface area (Å²) in [6.45, 7) is 7.11. The number of rotatable bonds is 10. The van der Waals surface area contributed by atoms with E-state index in [4.69, 9.17) is 4.74 Å². The maximum Gasteiger partial charge on any atom is 0.414 e. The van der Waals surface area contributed by atoms with E-state index in [1.807, 2.05) is 23.1 Å². The summed E-state index contributed by atoms with van der Waals surface area (Å²) in [5.74, 6) is 0. The Hall–Kier alpha value is -1.77. The highest BCUT2D eigenvalue weighted by Gasteiger charge is 2.20. The molecule has 1 aromatic carbocycles. The SMILES string of the molecule is CCCCCC/C(C)=C(/CCC)N(Cc1ccccc1)C(=O)OC. The Morgan fingerprint density at radius 1 is 1.00 bits per heavy atom. The lowest BCUT2D eigenvalue weighted by molar-refractivity contribution is 0.131. The van der Waals surface area contributed by atoms with Gasteiger partial charge < -0.3 is 4.74 Å². The quantitative estimate of drug-likeness (QED) is 0.471. The van der Waals surface area contributed by atoms with Gasteiger partial charge in [0, 0.05) is 5.70 Å². The maximum absolute atomic E-state index is 12.4. The van der Waals surface area contributed by atoms with E-state index in [0.717, 1.165) is 30.5 Å². The molecule has 0 saturated heterocycles. The maximum atomic E-state index is 12.4. The van der Waals surface area contributed by atoms with Gasteiger partial charge in [0.1, 0.15) is 0 Å². The van der Waals surface area contributed by atoms with Gasteiger partial charge >= 0.3 is 6.09 Å². The summed E-state index contributed by atoms with van der Waals surface area (Å²) in [7, 11) is 1.46. The van der Waals surface area contributed by atoms with Gasteiger partial charge in [-0.3, -0.25) is 4.90 Å². The highest BCUT2D eigenvalue weighted by atomic mass is 16.5. The van der Waals surface area contributed by atoms with Crippen LogP contribution in [0.25, 0.3) is 0 Å². The van der Waals surface area contributed by atoms with Gasteiger partial charge in [0.2, 0.25) is 0 Å². The van der Waals surface area contributed by atoms with Crippen LogP contribution in [0.2, 0.25) is 0 Å². The summed E-state index contributed by atoms with van der Waals surface area (Å²) < 4.78 is 5.06. The highest BCUT2D eigenvalue weighted by Crippen LogP contribution is 2.24. The fourth-order valence-electron chi connectivity index (χ4n) is 2.92. The van der Waals surface area contributed by atoms with Crippen molar-refractivity contribution in [3.05, 3.63) is 47.2 Å². The van der Waals surface area contributed by atoms with Gasteiger partial charge in [-0.05, 0) is 31.7 Å². The van der Waals surface area contributed by atoms with Crippen LogP contribution in [0.3, 0.4) is 0 Å². The van der Waals surface area contributed by atoms with Crippen LogP contribution in [0.5, 0.6) is 0 Å². The Labute approximate surface area is 147 Å². The predicted octanol–water partition coefficient (Wildman–Crippen LogP) is 6.30. The van der Waals surface area contributed by atoms with Crippen LogP contribution in [0.4, 0.5) is 4.79 Å². The number of nitrogens with zero attached hydrogens (tertiary/aromatic N) is 1. The van der Waals surface area contributed by atoms with Crippen molar-refractivity contribution in [3.63, 3.8) is 0 Å². The molecule has 0 spiro atoms. The topological polar surface area (TPSA) is 29.5 Å². The Balaban J connectivity index is 2.96. The van der Waals surface area contributed by atoms with Crippen LogP contribution >= 0.6 is 0 Å². The molecule has 1 aromatic rings. The minimum Gasteiger partial charge on any atom is -0.452 e. The number of methoxy groups -OCH3 is 1. The van der Waals surface area contributed by atoms with Crippen LogP contribution in [0.15, 0.2) is 41.6 Å². The number of ether oxygens (including phenoxy) is 1. The van der Waals surface area contributed by atoms with Crippen LogP contribution in [0.1, 0.15) is 71.3 Å². The van der Waals surface area contributed by atoms with Crippen LogP contribution in [0, 0.1) is 0 Å². The molecule has 0 aliphatic carbocycles. The number of unbranched alkanes of at least 4 members (excludes halogenated alkanes) is 3. The third-order valence-electron chi connectivity index (χ3n) is 4.29. The Bertz CT molecular complexity index is 508. The van der Waals surface area contributed by atoms with Gasteiger partial charge in [-0.2, -0.15) is 0 Å². The lowest BCUT2D eigenvalue weighted by Gasteiger charge is -2.26. The number of allylic oxidation sites excluding steroid dienone is 2. The van der Waals surface area contributed by atoms with E-state index in [0.29, 0.717) is 6.54 Å². The zero-order chi connectivity index (χ0) is 17.8. The molecular formula is C21H33NO2. The standard InChI is InChI=1S/C21H33NO2/c1-5-7-8-10-14-18(3)20(13-6-2)22(21(23)24-4)17-19-15-11-9-12-16-19/h9,11-12,15-16H,5-8,10,13-14,17H2,1-4H3/b20-18-. The highest BCUT2D eigenvalue weighted by molar-refractivity contribution is 5.70. The van der Waals surface area contributed by atoms with E-state index in [9.17, 15) is 4.79 Å². The molecule has 134 valence electrons. The van der Waals surface area contributed by atoms with Gasteiger partial charge in [-0.25, -0.2) is 4.79 Å². The van der Waals surface area contributed by atoms with Crippen molar-refractivity contribution >= 4 is 6.09 Å². The molecule has 0 fully saturated rings. The zero-order valence-corrected chi connectivity index (χ0v) is 15.8. The summed E-state index contributed by atoms with van der Waals surface area (Å²) in [6, 6.07) is 10.1. The minimum atomic E-state index is -0.268. The summed E-state index contributed by atoms with van der Waals surface area (Å²) in [4.78, 5) is 14.2. The molecule has 3 heteroatoms. The van der Waals surface area contributed by atoms with Crippen molar-refractivity contribution in [2.24, 2.45) is 0 Å². The van der Waals surface area contributed by atoms with Gasteiger partial charge in [0.25, 0.3) is 0 Å². The summed E-state index contributed by atoms with van der Waals surface area (Å²) in [5, 5.41) is 0. The van der Waals surface area contributed by atoms with Crippen LogP contribution in [-0.2, 0) is 11.3 Å². The molecule has 1 amide bonds. The Morgan fingerprint density at radius 2 is 1.71 bits per heavy atom. The second kappa shape index (κ2) is 11.7. The van der Waals surface area contributed by atoms with E-state index in [1.165, 1.54) is 38.4 Å². The number of hydrogen-bond acceptors (Lipinski definition) is 2. The van der Waals surface area contributed by atoms with Crippen molar-refractivity contribution in [2.75, 3.05) is 7.11 Å². The summed E-state index contributed by atoms with van der Waals surface area (Å²) in [5.41, 5.74) is 3.56. The molecule has 0 atom stereocenters. The average molecular weight is 332 g/mol. The summed E-state index contributed by atoms with van der Waals surface area (Å²) >= 11 is 0. The molecule has 0 aliphatic heterocycles. The largest absolute Gasteiger partial charge is 0.452 e. The molecule has 3 nitrogen and oxygen atoms in total. The van der Waals surface area contributed by atoms with E-state index in [2.05, 4.69) is 32.9 Å². The van der Waals surface area contributed by atoms with Crippen LogP contribution in [-0.4, -0.2) is 18.1 Å². The Kier molecular flexibility index (Phi) is 9.90. The van der Waals surface area contributed by atoms with Crippen LogP contribution < -0.4 is 0 Å². The molecule has 0 unspecified atom stereocenters. The van der Waals surface area contributed by atoms with E-state index in [1.54, 1.807) is 0 Å². The zero-order valence-electron chi connectivity index (χ0n) is 15.8. The van der Waals surface area contributed by atoms with Gasteiger partial charge in [0.15, 0.2) is 0 Å². The van der Waals surface area contributed by atoms with Gasteiger partial charge in [-0.1, -0.05) is 75.4 Å². The molecular weight excluding hydrogens is 298 g/mol. The fraction of sp³-hybridized carbons (Fsp3) is 0.571. The van der Waals surface area contributed by atoms with Gasteiger partial charge in [0.05, 0.1) is 13.7 Å². The van der Waals surface area contributed by atoms with E-state index < -0.39 is 0 Å². The van der Waals surface area contributed by atoms with Gasteiger partial charge in [-0.15, -0.1) is 0 Å². The van der Waals surface area contributed by atoms with Crippen molar-refractivity contribution in [1.29, 1.82) is 0 Å². The second-order valence-corrected chi connectivity index (χ2v) is 6.33. The Morgan fingerprint density at radius 3 is 2.29 bits per heavy atom. The minimum absolute atomic E-state index is 0.268. The van der Waals surface area contributed by atoms with E-state index in [-0.39, 0.29) is 6.09 Å². The normalized spacial score (nSPS) is 11.8. The monoisotopic (exact) mass is 331 g/mol.